The number of hydrogen-bond acceptors (Lipinski definition) is 7. The molecule has 1 atom stereocenters. The minimum Gasteiger partial charge on any atom is -0.466 e. The van der Waals surface area contributed by atoms with Gasteiger partial charge in [-0.25, -0.2) is 0 Å². The van der Waals surface area contributed by atoms with E-state index in [1.807, 2.05) is 13.8 Å². The molecule has 0 radical (unpaired) electrons. The first-order valence-electron chi connectivity index (χ1n) is 9.86. The Kier molecular flexibility index (Phi) is 9.42. The smallest absolute Gasteiger partial charge is 0.311 e. The number of esters is 2. The molecule has 168 valence electrons. The van der Waals surface area contributed by atoms with Gasteiger partial charge >= 0.3 is 11.9 Å². The van der Waals surface area contributed by atoms with Gasteiger partial charge in [0.15, 0.2) is 0 Å². The molecule has 0 N–H and O–H groups in total. The summed E-state index contributed by atoms with van der Waals surface area (Å²) >= 11 is 4.57. The Morgan fingerprint density at radius 1 is 0.897 bits per heavy atom. The molecule has 0 aliphatic heterocycles. The van der Waals surface area contributed by atoms with Crippen LogP contribution in [-0.2, 0) is 19.1 Å². The van der Waals surface area contributed by atoms with Crippen LogP contribution in [-0.4, -0.2) is 34.8 Å². The van der Waals surface area contributed by atoms with Crippen LogP contribution in [0.2, 0.25) is 0 Å². The van der Waals surface area contributed by atoms with Crippen LogP contribution in [0.4, 0.5) is 0 Å². The fourth-order valence-corrected chi connectivity index (χ4v) is 4.25. The fraction of sp³-hybridized carbons (Fsp3) is 0.810. The van der Waals surface area contributed by atoms with Crippen molar-refractivity contribution >= 4 is 24.6 Å². The molecular weight excluding hydrogens is 394 g/mol. The van der Waals surface area contributed by atoms with Gasteiger partial charge < -0.3 is 9.47 Å². The summed E-state index contributed by atoms with van der Waals surface area (Å²) in [6.07, 6.45) is 2.01. The molecule has 0 bridgehead atoms. The number of allylic oxidation sites excluding steroid dienone is 1. The molecule has 0 spiro atoms. The van der Waals surface area contributed by atoms with Crippen LogP contribution >= 0.6 is 12.6 Å². The second kappa shape index (κ2) is 9.96. The van der Waals surface area contributed by atoms with Gasteiger partial charge in [0.05, 0.1) is 29.0 Å². The lowest BCUT2D eigenvalue weighted by Gasteiger charge is -2.34. The van der Waals surface area contributed by atoms with Crippen molar-refractivity contribution in [2.24, 2.45) is 16.2 Å². The van der Waals surface area contributed by atoms with Crippen LogP contribution in [0.3, 0.4) is 0 Å². The first-order chi connectivity index (χ1) is 12.9. The first-order valence-corrected chi connectivity index (χ1v) is 10.3. The highest BCUT2D eigenvalue weighted by Gasteiger charge is 2.45. The summed E-state index contributed by atoms with van der Waals surface area (Å²) in [7, 11) is 0. The lowest BCUT2D eigenvalue weighted by Crippen LogP contribution is -2.38. The molecule has 0 saturated carbocycles. The zero-order valence-electron chi connectivity index (χ0n) is 19.2. The summed E-state index contributed by atoms with van der Waals surface area (Å²) in [5.41, 5.74) is -2.55. The number of rotatable bonds is 11. The van der Waals surface area contributed by atoms with Gasteiger partial charge in [-0.2, -0.15) is 12.6 Å². The van der Waals surface area contributed by atoms with E-state index in [2.05, 4.69) is 12.6 Å². The quantitative estimate of drug-likeness (QED) is 0.218. The Bertz CT molecular complexity index is 650. The van der Waals surface area contributed by atoms with Crippen molar-refractivity contribution in [2.75, 3.05) is 13.2 Å². The van der Waals surface area contributed by atoms with Crippen LogP contribution in [0.25, 0.3) is 0 Å². The van der Waals surface area contributed by atoms with E-state index in [0.29, 0.717) is 6.42 Å². The third-order valence-corrected chi connectivity index (χ3v) is 5.00. The maximum atomic E-state index is 12.2. The molecule has 0 rings (SSSR count). The number of carbonyl (C=O) groups is 2. The Morgan fingerprint density at radius 2 is 1.28 bits per heavy atom. The van der Waals surface area contributed by atoms with E-state index in [1.54, 1.807) is 54.5 Å². The van der Waals surface area contributed by atoms with Crippen molar-refractivity contribution in [2.45, 2.75) is 79.9 Å². The van der Waals surface area contributed by atoms with Crippen molar-refractivity contribution < 1.29 is 24.0 Å². The Hall–Kier alpha value is -1.57. The topological polar surface area (TPSA) is 95.7 Å². The summed E-state index contributed by atoms with van der Waals surface area (Å²) in [4.78, 5) is 35.9. The lowest BCUT2D eigenvalue weighted by molar-refractivity contribution is -0.432. The van der Waals surface area contributed by atoms with Crippen LogP contribution < -0.4 is 0 Å². The molecule has 0 heterocycles. The van der Waals surface area contributed by atoms with Gasteiger partial charge in [-0.05, 0) is 72.8 Å². The third-order valence-electron chi connectivity index (χ3n) is 4.62. The van der Waals surface area contributed by atoms with Crippen molar-refractivity contribution in [1.29, 1.82) is 0 Å². The lowest BCUT2D eigenvalue weighted by atomic mass is 9.73. The average Bonchev–Trinajstić information content (AvgIpc) is 2.50. The second-order valence-corrected chi connectivity index (χ2v) is 10.6. The van der Waals surface area contributed by atoms with Gasteiger partial charge in [0.2, 0.25) is 0 Å². The van der Waals surface area contributed by atoms with Gasteiger partial charge in [-0.3, -0.25) is 19.7 Å². The van der Waals surface area contributed by atoms with Gasteiger partial charge in [0.25, 0.3) is 5.70 Å². The third kappa shape index (κ3) is 8.36. The largest absolute Gasteiger partial charge is 0.466 e. The number of thiol groups is 1. The Labute approximate surface area is 180 Å². The highest BCUT2D eigenvalue weighted by Crippen LogP contribution is 2.42. The maximum Gasteiger partial charge on any atom is 0.311 e. The van der Waals surface area contributed by atoms with Crippen LogP contribution in [0.15, 0.2) is 11.8 Å². The molecule has 0 aliphatic rings. The van der Waals surface area contributed by atoms with Gasteiger partial charge in [0, 0.05) is 0 Å². The number of carbonyl (C=O) groups excluding carboxylic acids is 2. The second-order valence-electron chi connectivity index (χ2n) is 9.61. The summed E-state index contributed by atoms with van der Waals surface area (Å²) in [5.74, 6) is -0.771. The molecule has 29 heavy (non-hydrogen) atoms. The van der Waals surface area contributed by atoms with Crippen LogP contribution in [0, 0.1) is 26.4 Å². The fourth-order valence-electron chi connectivity index (χ4n) is 3.71. The molecule has 0 fully saturated rings. The van der Waals surface area contributed by atoms with Crippen LogP contribution in [0.1, 0.15) is 75.2 Å². The predicted molar refractivity (Wildman–Crippen MR) is 116 cm³/mol. The predicted octanol–water partition coefficient (Wildman–Crippen LogP) is 4.82. The molecule has 0 amide bonds. The first kappa shape index (κ1) is 27.4. The highest BCUT2D eigenvalue weighted by atomic mass is 32.1. The van der Waals surface area contributed by atoms with Crippen molar-refractivity contribution in [1.82, 2.24) is 0 Å². The molecule has 0 saturated heterocycles. The zero-order chi connectivity index (χ0) is 23.3. The van der Waals surface area contributed by atoms with Gasteiger partial charge in [-0.1, -0.05) is 13.8 Å². The van der Waals surface area contributed by atoms with E-state index in [1.165, 1.54) is 0 Å². The van der Waals surface area contributed by atoms with Gasteiger partial charge in [-0.15, -0.1) is 0 Å². The summed E-state index contributed by atoms with van der Waals surface area (Å²) in [6, 6.07) is 0. The van der Waals surface area contributed by atoms with Crippen molar-refractivity contribution in [3.05, 3.63) is 21.9 Å². The molecule has 0 aromatic heterocycles. The molecule has 7 nitrogen and oxygen atoms in total. The molecule has 0 aliphatic carbocycles. The van der Waals surface area contributed by atoms with E-state index in [0.717, 1.165) is 0 Å². The Morgan fingerprint density at radius 3 is 1.62 bits per heavy atom. The molecular formula is C21H37NO6S. The Balaban J connectivity index is 5.87. The van der Waals surface area contributed by atoms with E-state index in [-0.39, 0.29) is 31.3 Å². The minimum atomic E-state index is -1.19. The van der Waals surface area contributed by atoms with E-state index in [9.17, 15) is 19.7 Å². The van der Waals surface area contributed by atoms with Crippen LogP contribution in [0.5, 0.6) is 0 Å². The van der Waals surface area contributed by atoms with Crippen molar-refractivity contribution in [3.8, 4) is 0 Å². The number of ether oxygens (including phenoxy) is 2. The normalized spacial score (nSPS) is 15.4. The summed E-state index contributed by atoms with van der Waals surface area (Å²) in [5, 5.41) is 11.9. The summed E-state index contributed by atoms with van der Waals surface area (Å²) < 4.78 is 9.03. The SMILES string of the molecule is CCOC(=O)C(C)(C)CC(C)(C)/C=C(\[N+](=O)[O-])C(C)(S)CC(C)(C)C(=O)OCC. The van der Waals surface area contributed by atoms with E-state index < -0.39 is 31.9 Å². The molecule has 8 heteroatoms. The average molecular weight is 432 g/mol. The zero-order valence-corrected chi connectivity index (χ0v) is 20.1. The standard InChI is InChI=1S/C21H37NO6S/c1-10-27-16(23)19(5,6)13-18(3,4)12-15(22(25)26)21(9,29)14-20(7,8)17(24)28-11-2/h12,29H,10-11,13-14H2,1-9H3/b15-12-. The molecule has 0 aromatic carbocycles. The maximum absolute atomic E-state index is 12.2. The molecule has 1 unspecified atom stereocenters. The van der Waals surface area contributed by atoms with Crippen molar-refractivity contribution in [3.63, 3.8) is 0 Å². The highest BCUT2D eigenvalue weighted by molar-refractivity contribution is 7.82. The minimum absolute atomic E-state index is 0.108. The molecule has 0 aromatic rings. The van der Waals surface area contributed by atoms with E-state index >= 15 is 0 Å². The number of nitrogens with zero attached hydrogens (tertiary/aromatic N) is 1. The van der Waals surface area contributed by atoms with E-state index in [4.69, 9.17) is 9.47 Å². The number of hydrogen-bond donors (Lipinski definition) is 1. The van der Waals surface area contributed by atoms with Gasteiger partial charge in [0.1, 0.15) is 4.75 Å². The number of nitro groups is 1. The monoisotopic (exact) mass is 431 g/mol. The summed E-state index contributed by atoms with van der Waals surface area (Å²) in [6.45, 7) is 16.1.